The molecule has 0 aliphatic heterocycles. The maximum absolute atomic E-state index is 12.2. The summed E-state index contributed by atoms with van der Waals surface area (Å²) in [6.07, 6.45) is -0.866. The summed E-state index contributed by atoms with van der Waals surface area (Å²) in [5.41, 5.74) is 1.84. The zero-order valence-electron chi connectivity index (χ0n) is 13.3. The molecule has 0 saturated carbocycles. The lowest BCUT2D eigenvalue weighted by atomic mass is 10.1. The van der Waals surface area contributed by atoms with Gasteiger partial charge >= 0.3 is 5.97 Å². The van der Waals surface area contributed by atoms with Crippen molar-refractivity contribution in [3.63, 3.8) is 0 Å². The van der Waals surface area contributed by atoms with Crippen LogP contribution in [-0.2, 0) is 9.53 Å². The van der Waals surface area contributed by atoms with Crippen molar-refractivity contribution >= 4 is 22.8 Å². The van der Waals surface area contributed by atoms with Crippen LogP contribution < -0.4 is 5.32 Å². The first-order chi connectivity index (χ1) is 11.6. The second-order valence-corrected chi connectivity index (χ2v) is 5.27. The van der Waals surface area contributed by atoms with Crippen molar-refractivity contribution in [2.24, 2.45) is 0 Å². The fraction of sp³-hybridized carbons (Fsp3) is 0.167. The Bertz CT molecular complexity index is 886. The molecule has 122 valence electrons. The molecule has 24 heavy (non-hydrogen) atoms. The van der Waals surface area contributed by atoms with Crippen LogP contribution in [0.25, 0.3) is 22.2 Å². The number of rotatable bonds is 4. The van der Waals surface area contributed by atoms with Crippen LogP contribution in [0.1, 0.15) is 17.3 Å². The van der Waals surface area contributed by atoms with Crippen LogP contribution in [0.15, 0.2) is 53.1 Å². The van der Waals surface area contributed by atoms with E-state index in [-0.39, 0.29) is 5.91 Å². The van der Waals surface area contributed by atoms with E-state index in [9.17, 15) is 9.59 Å². The summed E-state index contributed by atoms with van der Waals surface area (Å²) in [6, 6.07) is 14.4. The number of likely N-dealkylation sites (N-methyl/N-ethyl adjacent to an activating group) is 1. The Balaban J connectivity index is 1.93. The molecule has 1 aromatic heterocycles. The minimum absolute atomic E-state index is 0.332. The average Bonchev–Trinajstić information content (AvgIpc) is 3.04. The highest BCUT2D eigenvalue weighted by molar-refractivity contribution is 5.99. The topological polar surface area (TPSA) is 81.4 Å². The molecular weight excluding hydrogens is 308 g/mol. The third kappa shape index (κ3) is 2.99. The summed E-state index contributed by atoms with van der Waals surface area (Å²) in [7, 11) is 1.49. The number of nitrogens with one attached hydrogen (secondary N) is 1. The molecule has 0 bridgehead atoms. The number of nitrogens with zero attached hydrogens (tertiary/aromatic N) is 1. The van der Waals surface area contributed by atoms with E-state index in [1.807, 2.05) is 30.3 Å². The lowest BCUT2D eigenvalue weighted by molar-refractivity contribution is -0.128. The number of carbonyl (C=O) groups is 2. The van der Waals surface area contributed by atoms with Crippen molar-refractivity contribution in [1.82, 2.24) is 10.5 Å². The fourth-order valence-electron chi connectivity index (χ4n) is 2.35. The number of benzene rings is 2. The quantitative estimate of drug-likeness (QED) is 0.746. The van der Waals surface area contributed by atoms with Gasteiger partial charge in [0.1, 0.15) is 5.52 Å². The summed E-state index contributed by atoms with van der Waals surface area (Å²) >= 11 is 0. The van der Waals surface area contributed by atoms with Gasteiger partial charge in [-0.3, -0.25) is 4.79 Å². The van der Waals surface area contributed by atoms with Gasteiger partial charge in [0.2, 0.25) is 0 Å². The molecule has 0 saturated heterocycles. The largest absolute Gasteiger partial charge is 0.449 e. The van der Waals surface area contributed by atoms with Gasteiger partial charge in [-0.15, -0.1) is 0 Å². The van der Waals surface area contributed by atoms with E-state index in [2.05, 4.69) is 10.5 Å². The van der Waals surface area contributed by atoms with Crippen molar-refractivity contribution in [2.45, 2.75) is 13.0 Å². The Morgan fingerprint density at radius 2 is 1.92 bits per heavy atom. The van der Waals surface area contributed by atoms with Crippen molar-refractivity contribution in [3.8, 4) is 11.3 Å². The van der Waals surface area contributed by atoms with Crippen LogP contribution in [0, 0.1) is 0 Å². The Labute approximate surface area is 138 Å². The van der Waals surface area contributed by atoms with Crippen molar-refractivity contribution in [3.05, 3.63) is 54.1 Å². The third-order valence-corrected chi connectivity index (χ3v) is 3.65. The van der Waals surface area contributed by atoms with E-state index in [1.165, 1.54) is 14.0 Å². The molecule has 3 rings (SSSR count). The van der Waals surface area contributed by atoms with Crippen LogP contribution >= 0.6 is 0 Å². The number of ether oxygens (including phenoxy) is 1. The molecule has 0 spiro atoms. The molecule has 0 aliphatic rings. The second-order valence-electron chi connectivity index (χ2n) is 5.27. The standard InChI is InChI=1S/C18H16N2O4/c1-11(17(21)19-2)23-18(22)13-8-9-15-14(10-13)16(24-20-15)12-6-4-3-5-7-12/h3-11H,1-2H3,(H,19,21)/t11-/m1/s1. The van der Waals surface area contributed by atoms with Gasteiger partial charge in [-0.25, -0.2) is 4.79 Å². The van der Waals surface area contributed by atoms with E-state index in [4.69, 9.17) is 9.26 Å². The molecule has 1 heterocycles. The van der Waals surface area contributed by atoms with E-state index >= 15 is 0 Å². The highest BCUT2D eigenvalue weighted by atomic mass is 16.5. The number of hydrogen-bond donors (Lipinski definition) is 1. The minimum atomic E-state index is -0.866. The monoisotopic (exact) mass is 324 g/mol. The van der Waals surface area contributed by atoms with Crippen molar-refractivity contribution in [1.29, 1.82) is 0 Å². The van der Waals surface area contributed by atoms with Gasteiger partial charge in [-0.2, -0.15) is 0 Å². The van der Waals surface area contributed by atoms with E-state index in [1.54, 1.807) is 18.2 Å². The van der Waals surface area contributed by atoms with Crippen molar-refractivity contribution in [2.75, 3.05) is 7.05 Å². The molecule has 1 atom stereocenters. The molecule has 6 heteroatoms. The summed E-state index contributed by atoms with van der Waals surface area (Å²) in [4.78, 5) is 23.7. The summed E-state index contributed by atoms with van der Waals surface area (Å²) in [5.74, 6) is -0.354. The number of amides is 1. The highest BCUT2D eigenvalue weighted by Crippen LogP contribution is 2.29. The Morgan fingerprint density at radius 3 is 2.62 bits per heavy atom. The SMILES string of the molecule is CNC(=O)[C@@H](C)OC(=O)c1ccc2noc(-c3ccccc3)c2c1. The van der Waals surface area contributed by atoms with Crippen LogP contribution in [0.5, 0.6) is 0 Å². The van der Waals surface area contributed by atoms with Crippen LogP contribution in [0.2, 0.25) is 0 Å². The zero-order valence-corrected chi connectivity index (χ0v) is 13.3. The first-order valence-electron chi connectivity index (χ1n) is 7.47. The summed E-state index contributed by atoms with van der Waals surface area (Å²) in [5, 5.41) is 7.15. The molecule has 1 amide bonds. The molecule has 0 fully saturated rings. The predicted octanol–water partition coefficient (Wildman–Crippen LogP) is 2.79. The number of aromatic nitrogens is 1. The normalized spacial score (nSPS) is 11.9. The molecule has 2 aromatic carbocycles. The maximum Gasteiger partial charge on any atom is 0.338 e. The molecular formula is C18H16N2O4. The lowest BCUT2D eigenvalue weighted by Crippen LogP contribution is -2.33. The highest BCUT2D eigenvalue weighted by Gasteiger charge is 2.19. The van der Waals surface area contributed by atoms with Gasteiger partial charge in [-0.1, -0.05) is 35.5 Å². The second kappa shape index (κ2) is 6.54. The van der Waals surface area contributed by atoms with Gasteiger partial charge in [0, 0.05) is 12.6 Å². The number of hydrogen-bond acceptors (Lipinski definition) is 5. The maximum atomic E-state index is 12.2. The Kier molecular flexibility index (Phi) is 4.29. The third-order valence-electron chi connectivity index (χ3n) is 3.65. The average molecular weight is 324 g/mol. The van der Waals surface area contributed by atoms with Gasteiger partial charge < -0.3 is 14.6 Å². The molecule has 3 aromatic rings. The minimum Gasteiger partial charge on any atom is -0.449 e. The van der Waals surface area contributed by atoms with Crippen LogP contribution in [0.3, 0.4) is 0 Å². The lowest BCUT2D eigenvalue weighted by Gasteiger charge is -2.11. The number of carbonyl (C=O) groups excluding carboxylic acids is 2. The fourth-order valence-corrected chi connectivity index (χ4v) is 2.35. The van der Waals surface area contributed by atoms with Crippen LogP contribution in [-0.4, -0.2) is 30.2 Å². The molecule has 6 nitrogen and oxygen atoms in total. The number of esters is 1. The summed E-state index contributed by atoms with van der Waals surface area (Å²) < 4.78 is 10.6. The number of fused-ring (bicyclic) bond motifs is 1. The van der Waals surface area contributed by atoms with Gasteiger partial charge in [0.15, 0.2) is 11.9 Å². The zero-order chi connectivity index (χ0) is 17.1. The van der Waals surface area contributed by atoms with Gasteiger partial charge in [0.05, 0.1) is 10.9 Å². The Hall–Kier alpha value is -3.15. The van der Waals surface area contributed by atoms with Gasteiger partial charge in [0.25, 0.3) is 5.91 Å². The van der Waals surface area contributed by atoms with Crippen LogP contribution in [0.4, 0.5) is 0 Å². The summed E-state index contributed by atoms with van der Waals surface area (Å²) in [6.45, 7) is 1.52. The van der Waals surface area contributed by atoms with Gasteiger partial charge in [-0.05, 0) is 25.1 Å². The first-order valence-corrected chi connectivity index (χ1v) is 7.47. The Morgan fingerprint density at radius 1 is 1.17 bits per heavy atom. The smallest absolute Gasteiger partial charge is 0.338 e. The van der Waals surface area contributed by atoms with E-state index < -0.39 is 12.1 Å². The van der Waals surface area contributed by atoms with Crippen molar-refractivity contribution < 1.29 is 18.8 Å². The molecule has 0 radical (unpaired) electrons. The van der Waals surface area contributed by atoms with E-state index in [0.717, 1.165) is 5.56 Å². The molecule has 0 unspecified atom stereocenters. The van der Waals surface area contributed by atoms with E-state index in [0.29, 0.717) is 22.2 Å². The first kappa shape index (κ1) is 15.7. The molecule has 0 aliphatic carbocycles. The molecule has 1 N–H and O–H groups in total. The predicted molar refractivity (Wildman–Crippen MR) is 88.4 cm³/mol.